The molecular formula is C19H22N2O2. The van der Waals surface area contributed by atoms with Gasteiger partial charge in [-0.1, -0.05) is 25.1 Å². The second-order valence-corrected chi connectivity index (χ2v) is 5.04. The van der Waals surface area contributed by atoms with Gasteiger partial charge in [0.15, 0.2) is 0 Å². The van der Waals surface area contributed by atoms with Gasteiger partial charge in [0, 0.05) is 19.2 Å². The highest BCUT2D eigenvalue weighted by Gasteiger charge is 2.08. The minimum atomic E-state index is -0.305. The van der Waals surface area contributed by atoms with Crippen molar-refractivity contribution < 1.29 is 9.53 Å². The molecule has 0 fully saturated rings. The van der Waals surface area contributed by atoms with Crippen LogP contribution >= 0.6 is 0 Å². The summed E-state index contributed by atoms with van der Waals surface area (Å²) in [6.07, 6.45) is 0.811. The van der Waals surface area contributed by atoms with Crippen LogP contribution in [-0.2, 0) is 4.74 Å². The SMILES string of the molecule is CCOC(=O)c1ccc(N=C(CC)N(C)c2ccccc2)cc1. The molecule has 0 N–H and O–H groups in total. The van der Waals surface area contributed by atoms with Crippen LogP contribution in [0.15, 0.2) is 59.6 Å². The maximum Gasteiger partial charge on any atom is 0.338 e. The van der Waals surface area contributed by atoms with Crippen LogP contribution in [0.5, 0.6) is 0 Å². The minimum Gasteiger partial charge on any atom is -0.462 e. The molecule has 0 saturated heterocycles. The van der Waals surface area contributed by atoms with Crippen molar-refractivity contribution in [2.24, 2.45) is 4.99 Å². The molecular weight excluding hydrogens is 288 g/mol. The molecule has 0 aliphatic heterocycles. The number of amidine groups is 1. The standard InChI is InChI=1S/C19H22N2O2/c1-4-18(21(3)17-9-7-6-8-10-17)20-16-13-11-15(12-14-16)19(22)23-5-2/h6-14H,4-5H2,1-3H3. The molecule has 0 aliphatic carbocycles. The van der Waals surface area contributed by atoms with E-state index in [9.17, 15) is 4.79 Å². The fourth-order valence-electron chi connectivity index (χ4n) is 2.23. The van der Waals surface area contributed by atoms with Gasteiger partial charge in [-0.3, -0.25) is 0 Å². The lowest BCUT2D eigenvalue weighted by atomic mass is 10.2. The number of hydrogen-bond donors (Lipinski definition) is 0. The van der Waals surface area contributed by atoms with E-state index in [4.69, 9.17) is 9.73 Å². The summed E-state index contributed by atoms with van der Waals surface area (Å²) in [5.74, 6) is 0.653. The zero-order valence-corrected chi connectivity index (χ0v) is 13.8. The number of carbonyl (C=O) groups excluding carboxylic acids is 1. The van der Waals surface area contributed by atoms with Crippen LogP contribution < -0.4 is 4.90 Å². The molecule has 0 unspecified atom stereocenters. The first kappa shape index (κ1) is 16.7. The van der Waals surface area contributed by atoms with Crippen molar-refractivity contribution in [3.8, 4) is 0 Å². The molecule has 2 aromatic rings. The summed E-state index contributed by atoms with van der Waals surface area (Å²) in [6, 6.07) is 17.3. The number of rotatable bonds is 5. The maximum absolute atomic E-state index is 11.7. The van der Waals surface area contributed by atoms with Gasteiger partial charge in [-0.15, -0.1) is 0 Å². The lowest BCUT2D eigenvalue weighted by molar-refractivity contribution is 0.0526. The summed E-state index contributed by atoms with van der Waals surface area (Å²) in [5, 5.41) is 0. The average molecular weight is 310 g/mol. The Morgan fingerprint density at radius 2 is 1.70 bits per heavy atom. The zero-order valence-electron chi connectivity index (χ0n) is 13.8. The molecule has 0 radical (unpaired) electrons. The van der Waals surface area contributed by atoms with Gasteiger partial charge >= 0.3 is 5.97 Å². The van der Waals surface area contributed by atoms with Crippen molar-refractivity contribution in [3.63, 3.8) is 0 Å². The monoisotopic (exact) mass is 310 g/mol. The normalized spacial score (nSPS) is 11.2. The summed E-state index contributed by atoms with van der Waals surface area (Å²) < 4.78 is 4.98. The Morgan fingerprint density at radius 3 is 2.26 bits per heavy atom. The molecule has 120 valence electrons. The van der Waals surface area contributed by atoms with Crippen molar-refractivity contribution in [2.45, 2.75) is 20.3 Å². The van der Waals surface area contributed by atoms with Crippen molar-refractivity contribution in [1.82, 2.24) is 0 Å². The Bertz CT molecular complexity index is 664. The van der Waals surface area contributed by atoms with Crippen LogP contribution in [0, 0.1) is 0 Å². The van der Waals surface area contributed by atoms with E-state index in [1.165, 1.54) is 0 Å². The Hall–Kier alpha value is -2.62. The quantitative estimate of drug-likeness (QED) is 0.466. The highest BCUT2D eigenvalue weighted by Crippen LogP contribution is 2.18. The fraction of sp³-hybridized carbons (Fsp3) is 0.263. The molecule has 23 heavy (non-hydrogen) atoms. The van der Waals surface area contributed by atoms with Gasteiger partial charge < -0.3 is 9.64 Å². The van der Waals surface area contributed by atoms with E-state index < -0.39 is 0 Å². The average Bonchev–Trinajstić information content (AvgIpc) is 2.60. The third-order valence-electron chi connectivity index (χ3n) is 3.48. The predicted octanol–water partition coefficient (Wildman–Crippen LogP) is 4.44. The number of hydrogen-bond acceptors (Lipinski definition) is 3. The molecule has 0 aromatic heterocycles. The Balaban J connectivity index is 2.19. The Morgan fingerprint density at radius 1 is 1.04 bits per heavy atom. The molecule has 0 heterocycles. The van der Waals surface area contributed by atoms with Crippen molar-refractivity contribution in [3.05, 3.63) is 60.2 Å². The first-order valence-corrected chi connectivity index (χ1v) is 7.79. The van der Waals surface area contributed by atoms with E-state index in [1.807, 2.05) is 37.4 Å². The Kier molecular flexibility index (Phi) is 5.92. The van der Waals surface area contributed by atoms with Gasteiger partial charge in [0.1, 0.15) is 5.84 Å². The lowest BCUT2D eigenvalue weighted by Crippen LogP contribution is -2.25. The minimum absolute atomic E-state index is 0.305. The molecule has 4 heteroatoms. The number of nitrogens with zero attached hydrogens (tertiary/aromatic N) is 2. The van der Waals surface area contributed by atoms with E-state index in [1.54, 1.807) is 19.1 Å². The fourth-order valence-corrected chi connectivity index (χ4v) is 2.23. The van der Waals surface area contributed by atoms with E-state index in [2.05, 4.69) is 24.0 Å². The second-order valence-electron chi connectivity index (χ2n) is 5.04. The highest BCUT2D eigenvalue weighted by molar-refractivity contribution is 5.98. The van der Waals surface area contributed by atoms with Crippen LogP contribution in [-0.4, -0.2) is 25.5 Å². The number of para-hydroxylation sites is 1. The summed E-state index contributed by atoms with van der Waals surface area (Å²) in [4.78, 5) is 18.4. The first-order chi connectivity index (χ1) is 11.2. The molecule has 0 aliphatic rings. The first-order valence-electron chi connectivity index (χ1n) is 7.79. The van der Waals surface area contributed by atoms with Crippen molar-refractivity contribution in [2.75, 3.05) is 18.6 Å². The van der Waals surface area contributed by atoms with Crippen LogP contribution in [0.1, 0.15) is 30.6 Å². The molecule has 0 amide bonds. The summed E-state index contributed by atoms with van der Waals surface area (Å²) >= 11 is 0. The van der Waals surface area contributed by atoms with Crippen molar-refractivity contribution >= 4 is 23.2 Å². The number of esters is 1. The van der Waals surface area contributed by atoms with Crippen LogP contribution in [0.25, 0.3) is 0 Å². The van der Waals surface area contributed by atoms with Gasteiger partial charge in [0.25, 0.3) is 0 Å². The van der Waals surface area contributed by atoms with Gasteiger partial charge in [-0.05, 0) is 43.3 Å². The molecule has 2 rings (SSSR count). The van der Waals surface area contributed by atoms with E-state index >= 15 is 0 Å². The molecule has 0 atom stereocenters. The number of anilines is 1. The maximum atomic E-state index is 11.7. The van der Waals surface area contributed by atoms with Gasteiger partial charge in [-0.2, -0.15) is 0 Å². The largest absolute Gasteiger partial charge is 0.462 e. The third-order valence-corrected chi connectivity index (χ3v) is 3.48. The van der Waals surface area contributed by atoms with Crippen molar-refractivity contribution in [1.29, 1.82) is 0 Å². The topological polar surface area (TPSA) is 41.9 Å². The van der Waals surface area contributed by atoms with Crippen LogP contribution in [0.3, 0.4) is 0 Å². The van der Waals surface area contributed by atoms with Gasteiger partial charge in [-0.25, -0.2) is 9.79 Å². The predicted molar refractivity (Wildman–Crippen MR) is 94.6 cm³/mol. The van der Waals surface area contributed by atoms with Crippen LogP contribution in [0.4, 0.5) is 11.4 Å². The van der Waals surface area contributed by atoms with E-state index in [0.717, 1.165) is 23.6 Å². The zero-order chi connectivity index (χ0) is 16.7. The summed E-state index contributed by atoms with van der Waals surface area (Å²) in [6.45, 7) is 4.25. The third kappa shape index (κ3) is 4.42. The smallest absolute Gasteiger partial charge is 0.338 e. The lowest BCUT2D eigenvalue weighted by Gasteiger charge is -2.20. The van der Waals surface area contributed by atoms with Gasteiger partial charge in [0.2, 0.25) is 0 Å². The molecule has 2 aromatic carbocycles. The molecule has 0 saturated carbocycles. The molecule has 0 bridgehead atoms. The Labute approximate surface area is 137 Å². The molecule has 0 spiro atoms. The van der Waals surface area contributed by atoms with Crippen LogP contribution in [0.2, 0.25) is 0 Å². The summed E-state index contributed by atoms with van der Waals surface area (Å²) in [7, 11) is 2.00. The second kappa shape index (κ2) is 8.13. The summed E-state index contributed by atoms with van der Waals surface area (Å²) in [5.41, 5.74) is 2.45. The van der Waals surface area contributed by atoms with Gasteiger partial charge in [0.05, 0.1) is 17.9 Å². The number of carbonyl (C=O) groups is 1. The van der Waals surface area contributed by atoms with E-state index in [0.29, 0.717) is 12.2 Å². The number of benzene rings is 2. The van der Waals surface area contributed by atoms with E-state index in [-0.39, 0.29) is 5.97 Å². The number of ether oxygens (including phenoxy) is 1. The molecule has 4 nitrogen and oxygen atoms in total. The highest BCUT2D eigenvalue weighted by atomic mass is 16.5. The number of aliphatic imine (C=N–C) groups is 1.